The van der Waals surface area contributed by atoms with E-state index in [1.165, 1.54) is 29.4 Å². The number of nitrogens with zero attached hydrogens (tertiary/aromatic N) is 1. The maximum Gasteiger partial charge on any atom is 0.226 e. The lowest BCUT2D eigenvalue weighted by Crippen LogP contribution is -2.26. The highest BCUT2D eigenvalue weighted by Crippen LogP contribution is 2.27. The van der Waals surface area contributed by atoms with Gasteiger partial charge in [0, 0.05) is 30.9 Å². The normalized spacial score (nSPS) is 13.0. The number of carbonyl (C=O) groups is 1. The maximum atomic E-state index is 13.6. The third kappa shape index (κ3) is 3.03. The molecule has 3 N–H and O–H groups in total. The molecule has 1 aliphatic rings. The lowest BCUT2D eigenvalue weighted by molar-refractivity contribution is -0.116. The number of halogens is 1. The first kappa shape index (κ1) is 14.4. The van der Waals surface area contributed by atoms with E-state index in [1.807, 2.05) is 12.1 Å². The van der Waals surface area contributed by atoms with Crippen LogP contribution in [0.4, 0.5) is 21.5 Å². The van der Waals surface area contributed by atoms with Crippen molar-refractivity contribution in [3.05, 3.63) is 53.8 Å². The number of anilines is 3. The van der Waals surface area contributed by atoms with Crippen LogP contribution in [0.5, 0.6) is 0 Å². The zero-order chi connectivity index (χ0) is 15.5. The van der Waals surface area contributed by atoms with E-state index in [-0.39, 0.29) is 11.6 Å². The maximum absolute atomic E-state index is 13.6. The predicted molar refractivity (Wildman–Crippen MR) is 86.4 cm³/mol. The van der Waals surface area contributed by atoms with Crippen molar-refractivity contribution in [1.82, 2.24) is 0 Å². The fourth-order valence-electron chi connectivity index (χ4n) is 2.73. The molecule has 5 heteroatoms. The molecule has 0 aliphatic carbocycles. The van der Waals surface area contributed by atoms with Crippen LogP contribution in [-0.2, 0) is 11.2 Å². The molecule has 3 rings (SSSR count). The minimum Gasteiger partial charge on any atom is -0.399 e. The molecule has 1 amide bonds. The Balaban J connectivity index is 1.58. The molecule has 1 aliphatic heterocycles. The molecule has 4 nitrogen and oxygen atoms in total. The van der Waals surface area contributed by atoms with Crippen LogP contribution in [0.3, 0.4) is 0 Å². The van der Waals surface area contributed by atoms with Crippen molar-refractivity contribution >= 4 is 23.0 Å². The molecular weight excluding hydrogens is 281 g/mol. The second-order valence-electron chi connectivity index (χ2n) is 5.40. The summed E-state index contributed by atoms with van der Waals surface area (Å²) in [4.78, 5) is 14.2. The number of nitrogens with one attached hydrogen (secondary N) is 1. The van der Waals surface area contributed by atoms with Crippen molar-refractivity contribution < 1.29 is 9.18 Å². The number of hydrogen-bond acceptors (Lipinski definition) is 3. The standard InChI is InChI=1S/C17H18FN3O/c18-14-6-5-13(19)11-15(14)20-17(22)8-10-21-9-7-12-3-1-2-4-16(12)21/h1-6,11H,7-10,19H2,(H,20,22). The fraction of sp³-hybridized carbons (Fsp3) is 0.235. The Kier molecular flexibility index (Phi) is 3.96. The Labute approximate surface area is 128 Å². The average Bonchev–Trinajstić information content (AvgIpc) is 2.92. The molecule has 114 valence electrons. The minimum atomic E-state index is -0.478. The minimum absolute atomic E-state index is 0.131. The SMILES string of the molecule is Nc1ccc(F)c(NC(=O)CCN2CCc3ccccc32)c1. The Hall–Kier alpha value is -2.56. The molecule has 0 bridgehead atoms. The van der Waals surface area contributed by atoms with Crippen molar-refractivity contribution in [3.63, 3.8) is 0 Å². The fourth-order valence-corrected chi connectivity index (χ4v) is 2.73. The second kappa shape index (κ2) is 6.05. The van der Waals surface area contributed by atoms with E-state index in [4.69, 9.17) is 5.73 Å². The Morgan fingerprint density at radius 3 is 2.95 bits per heavy atom. The van der Waals surface area contributed by atoms with Gasteiger partial charge in [0.05, 0.1) is 5.69 Å². The van der Waals surface area contributed by atoms with Gasteiger partial charge in [-0.2, -0.15) is 0 Å². The van der Waals surface area contributed by atoms with Gasteiger partial charge < -0.3 is 16.0 Å². The third-order valence-electron chi connectivity index (χ3n) is 3.86. The van der Waals surface area contributed by atoms with Crippen LogP contribution in [-0.4, -0.2) is 19.0 Å². The summed E-state index contributed by atoms with van der Waals surface area (Å²) in [6.45, 7) is 1.53. The van der Waals surface area contributed by atoms with Crippen LogP contribution in [0.2, 0.25) is 0 Å². The Bertz CT molecular complexity index is 702. The number of para-hydroxylation sites is 1. The summed E-state index contributed by atoms with van der Waals surface area (Å²) in [6.07, 6.45) is 1.31. The first-order valence-corrected chi connectivity index (χ1v) is 7.31. The van der Waals surface area contributed by atoms with Gasteiger partial charge in [0.25, 0.3) is 0 Å². The number of hydrogen-bond donors (Lipinski definition) is 2. The van der Waals surface area contributed by atoms with Crippen LogP contribution in [0, 0.1) is 5.82 Å². The highest BCUT2D eigenvalue weighted by atomic mass is 19.1. The monoisotopic (exact) mass is 299 g/mol. The number of rotatable bonds is 4. The molecule has 0 radical (unpaired) electrons. The smallest absolute Gasteiger partial charge is 0.226 e. The summed E-state index contributed by atoms with van der Waals surface area (Å²) in [7, 11) is 0. The summed E-state index contributed by atoms with van der Waals surface area (Å²) in [5.74, 6) is -0.692. The molecule has 2 aromatic rings. The van der Waals surface area contributed by atoms with E-state index in [2.05, 4.69) is 22.3 Å². The molecule has 0 unspecified atom stereocenters. The van der Waals surface area contributed by atoms with Crippen LogP contribution in [0.1, 0.15) is 12.0 Å². The topological polar surface area (TPSA) is 58.4 Å². The third-order valence-corrected chi connectivity index (χ3v) is 3.86. The number of amides is 1. The number of fused-ring (bicyclic) bond motifs is 1. The van der Waals surface area contributed by atoms with Gasteiger partial charge in [0.15, 0.2) is 0 Å². The summed E-state index contributed by atoms with van der Waals surface area (Å²) >= 11 is 0. The van der Waals surface area contributed by atoms with E-state index in [9.17, 15) is 9.18 Å². The first-order chi connectivity index (χ1) is 10.6. The largest absolute Gasteiger partial charge is 0.399 e. The van der Waals surface area contributed by atoms with Crippen molar-refractivity contribution in [2.45, 2.75) is 12.8 Å². The number of nitrogens with two attached hydrogens (primary N) is 1. The lowest BCUT2D eigenvalue weighted by atomic mass is 10.2. The zero-order valence-electron chi connectivity index (χ0n) is 12.2. The zero-order valence-corrected chi connectivity index (χ0v) is 12.2. The molecule has 22 heavy (non-hydrogen) atoms. The molecule has 0 spiro atoms. The molecule has 1 heterocycles. The molecule has 2 aromatic carbocycles. The van der Waals surface area contributed by atoms with Crippen molar-refractivity contribution in [3.8, 4) is 0 Å². The molecule has 0 aromatic heterocycles. The van der Waals surface area contributed by atoms with Crippen molar-refractivity contribution in [2.24, 2.45) is 0 Å². The summed E-state index contributed by atoms with van der Waals surface area (Å²) in [6, 6.07) is 12.3. The Morgan fingerprint density at radius 1 is 1.27 bits per heavy atom. The number of benzene rings is 2. The van der Waals surface area contributed by atoms with E-state index < -0.39 is 5.82 Å². The van der Waals surface area contributed by atoms with Gasteiger partial charge in [0.1, 0.15) is 5.82 Å². The molecule has 0 atom stereocenters. The highest BCUT2D eigenvalue weighted by Gasteiger charge is 2.18. The summed E-state index contributed by atoms with van der Waals surface area (Å²) in [5, 5.41) is 2.58. The van der Waals surface area contributed by atoms with E-state index in [1.54, 1.807) is 0 Å². The number of carbonyl (C=O) groups excluding carboxylic acids is 1. The van der Waals surface area contributed by atoms with Crippen molar-refractivity contribution in [1.29, 1.82) is 0 Å². The second-order valence-corrected chi connectivity index (χ2v) is 5.40. The van der Waals surface area contributed by atoms with Gasteiger partial charge in [-0.25, -0.2) is 4.39 Å². The van der Waals surface area contributed by atoms with Gasteiger partial charge in [-0.05, 0) is 36.2 Å². The van der Waals surface area contributed by atoms with E-state index in [0.29, 0.717) is 18.7 Å². The van der Waals surface area contributed by atoms with Crippen LogP contribution in [0.25, 0.3) is 0 Å². The van der Waals surface area contributed by atoms with Crippen LogP contribution < -0.4 is 16.0 Å². The van der Waals surface area contributed by atoms with Crippen molar-refractivity contribution in [2.75, 3.05) is 29.0 Å². The lowest BCUT2D eigenvalue weighted by Gasteiger charge is -2.19. The highest BCUT2D eigenvalue weighted by molar-refractivity contribution is 5.91. The van der Waals surface area contributed by atoms with E-state index >= 15 is 0 Å². The van der Waals surface area contributed by atoms with Gasteiger partial charge >= 0.3 is 0 Å². The number of nitrogen functional groups attached to an aromatic ring is 1. The Morgan fingerprint density at radius 2 is 2.09 bits per heavy atom. The van der Waals surface area contributed by atoms with Crippen LogP contribution in [0.15, 0.2) is 42.5 Å². The average molecular weight is 299 g/mol. The van der Waals surface area contributed by atoms with Crippen LogP contribution >= 0.6 is 0 Å². The molecule has 0 saturated carbocycles. The summed E-state index contributed by atoms with van der Waals surface area (Å²) in [5.41, 5.74) is 8.65. The molecular formula is C17H18FN3O. The quantitative estimate of drug-likeness (QED) is 0.854. The molecule has 0 saturated heterocycles. The molecule has 0 fully saturated rings. The summed E-state index contributed by atoms with van der Waals surface area (Å²) < 4.78 is 13.6. The van der Waals surface area contributed by atoms with Gasteiger partial charge in [0.2, 0.25) is 5.91 Å². The van der Waals surface area contributed by atoms with Gasteiger partial charge in [-0.3, -0.25) is 4.79 Å². The first-order valence-electron chi connectivity index (χ1n) is 7.31. The van der Waals surface area contributed by atoms with Gasteiger partial charge in [-0.1, -0.05) is 18.2 Å². The van der Waals surface area contributed by atoms with E-state index in [0.717, 1.165) is 13.0 Å². The van der Waals surface area contributed by atoms with Gasteiger partial charge in [-0.15, -0.1) is 0 Å². The predicted octanol–water partition coefficient (Wildman–Crippen LogP) is 2.80.